The van der Waals surface area contributed by atoms with Crippen molar-refractivity contribution >= 4 is 18.5 Å². The Hall–Kier alpha value is -1.26. The fourth-order valence-electron chi connectivity index (χ4n) is 3.05. The molecule has 21 heavy (non-hydrogen) atoms. The number of carbonyl (C=O) groups is 1. The van der Waals surface area contributed by atoms with Crippen molar-refractivity contribution in [1.82, 2.24) is 4.90 Å². The Bertz CT molecular complexity index is 465. The number of ether oxygens (including phenoxy) is 1. The van der Waals surface area contributed by atoms with Gasteiger partial charge in [-0.3, -0.25) is 0 Å². The van der Waals surface area contributed by atoms with Gasteiger partial charge in [0.2, 0.25) is 0 Å². The zero-order valence-corrected chi connectivity index (χ0v) is 12.9. The van der Waals surface area contributed by atoms with E-state index in [0.717, 1.165) is 24.4 Å². The minimum absolute atomic E-state index is 0. The summed E-state index contributed by atoms with van der Waals surface area (Å²) >= 11 is 0. The van der Waals surface area contributed by atoms with Gasteiger partial charge in [0.25, 0.3) is 0 Å². The van der Waals surface area contributed by atoms with Crippen LogP contribution in [-0.2, 0) is 11.3 Å². The van der Waals surface area contributed by atoms with E-state index in [1.54, 1.807) is 4.90 Å². The Morgan fingerprint density at radius 3 is 2.57 bits per heavy atom. The average Bonchev–Trinajstić information content (AvgIpc) is 3.30. The van der Waals surface area contributed by atoms with Crippen LogP contribution in [0.2, 0.25) is 0 Å². The number of nitrogens with zero attached hydrogens (tertiary/aromatic N) is 1. The molecule has 1 aromatic carbocycles. The first-order valence-corrected chi connectivity index (χ1v) is 7.43. The molecule has 2 N–H and O–H groups in total. The lowest BCUT2D eigenvalue weighted by molar-refractivity contribution is 0.0715. The SMILES string of the molecule is Cl.NC1CC(C2CC2)CN(C(=O)OCc2ccccc2)C1. The van der Waals surface area contributed by atoms with Crippen molar-refractivity contribution in [3.05, 3.63) is 35.9 Å². The smallest absolute Gasteiger partial charge is 0.410 e. The minimum Gasteiger partial charge on any atom is -0.445 e. The lowest BCUT2D eigenvalue weighted by atomic mass is 9.91. The molecule has 2 unspecified atom stereocenters. The molecular weight excluding hydrogens is 288 g/mol. The van der Waals surface area contributed by atoms with E-state index in [2.05, 4.69) is 0 Å². The summed E-state index contributed by atoms with van der Waals surface area (Å²) in [5.41, 5.74) is 7.09. The number of carbonyl (C=O) groups excluding carboxylic acids is 1. The number of hydrogen-bond donors (Lipinski definition) is 1. The fraction of sp³-hybridized carbons (Fsp3) is 0.562. The van der Waals surface area contributed by atoms with Crippen molar-refractivity contribution in [3.8, 4) is 0 Å². The number of amides is 1. The van der Waals surface area contributed by atoms with Crippen LogP contribution >= 0.6 is 12.4 Å². The highest BCUT2D eigenvalue weighted by atomic mass is 35.5. The van der Waals surface area contributed by atoms with Crippen LogP contribution in [0.5, 0.6) is 0 Å². The first kappa shape index (κ1) is 16.1. The van der Waals surface area contributed by atoms with Gasteiger partial charge >= 0.3 is 6.09 Å². The maximum absolute atomic E-state index is 12.2. The summed E-state index contributed by atoms with van der Waals surface area (Å²) in [5, 5.41) is 0. The van der Waals surface area contributed by atoms with Crippen molar-refractivity contribution in [2.24, 2.45) is 17.6 Å². The summed E-state index contributed by atoms with van der Waals surface area (Å²) in [7, 11) is 0. The van der Waals surface area contributed by atoms with Crippen LogP contribution in [0.15, 0.2) is 30.3 Å². The molecule has 2 fully saturated rings. The number of piperidine rings is 1. The van der Waals surface area contributed by atoms with Gasteiger partial charge in [-0.25, -0.2) is 4.79 Å². The molecule has 1 saturated heterocycles. The van der Waals surface area contributed by atoms with Gasteiger partial charge in [0.05, 0.1) is 0 Å². The summed E-state index contributed by atoms with van der Waals surface area (Å²) in [6.07, 6.45) is 3.41. The van der Waals surface area contributed by atoms with Crippen LogP contribution in [0.4, 0.5) is 4.79 Å². The van der Waals surface area contributed by atoms with E-state index in [0.29, 0.717) is 19.1 Å². The molecule has 0 spiro atoms. The molecule has 4 nitrogen and oxygen atoms in total. The molecule has 1 saturated carbocycles. The summed E-state index contributed by atoms with van der Waals surface area (Å²) in [6, 6.07) is 9.87. The standard InChI is InChI=1S/C16H22N2O2.ClH/c17-15-8-14(13-6-7-13)9-18(10-15)16(19)20-11-12-4-2-1-3-5-12;/h1-5,13-15H,6-11,17H2;1H. The summed E-state index contributed by atoms with van der Waals surface area (Å²) in [6.45, 7) is 1.77. The number of nitrogens with two attached hydrogens (primary N) is 1. The number of hydrogen-bond acceptors (Lipinski definition) is 3. The van der Waals surface area contributed by atoms with Gasteiger partial charge in [-0.15, -0.1) is 12.4 Å². The van der Waals surface area contributed by atoms with Crippen LogP contribution in [0.1, 0.15) is 24.8 Å². The maximum Gasteiger partial charge on any atom is 0.410 e. The van der Waals surface area contributed by atoms with Gasteiger partial charge in [-0.2, -0.15) is 0 Å². The quantitative estimate of drug-likeness (QED) is 0.934. The molecular formula is C16H23ClN2O2. The van der Waals surface area contributed by atoms with Gasteiger partial charge in [-0.1, -0.05) is 30.3 Å². The van der Waals surface area contributed by atoms with E-state index in [4.69, 9.17) is 10.5 Å². The van der Waals surface area contributed by atoms with Crippen molar-refractivity contribution in [2.45, 2.75) is 31.9 Å². The predicted octanol–water partition coefficient (Wildman–Crippen LogP) is 2.80. The Balaban J connectivity index is 0.00000161. The van der Waals surface area contributed by atoms with Gasteiger partial charge in [-0.05, 0) is 36.7 Å². The highest BCUT2D eigenvalue weighted by molar-refractivity contribution is 5.85. The van der Waals surface area contributed by atoms with E-state index in [-0.39, 0.29) is 24.5 Å². The summed E-state index contributed by atoms with van der Waals surface area (Å²) in [4.78, 5) is 13.9. The average molecular weight is 311 g/mol. The molecule has 3 rings (SSSR count). The molecule has 1 aromatic rings. The van der Waals surface area contributed by atoms with Crippen LogP contribution in [0.25, 0.3) is 0 Å². The summed E-state index contributed by atoms with van der Waals surface area (Å²) < 4.78 is 5.40. The Kier molecular flexibility index (Phi) is 5.48. The number of rotatable bonds is 3. The van der Waals surface area contributed by atoms with E-state index in [9.17, 15) is 4.79 Å². The van der Waals surface area contributed by atoms with Crippen molar-refractivity contribution in [1.29, 1.82) is 0 Å². The van der Waals surface area contributed by atoms with E-state index in [1.807, 2.05) is 30.3 Å². The second kappa shape index (κ2) is 7.14. The second-order valence-electron chi connectivity index (χ2n) is 6.04. The summed E-state index contributed by atoms with van der Waals surface area (Å²) in [5.74, 6) is 1.36. The van der Waals surface area contributed by atoms with Gasteiger partial charge in [0.1, 0.15) is 6.61 Å². The van der Waals surface area contributed by atoms with Crippen molar-refractivity contribution in [3.63, 3.8) is 0 Å². The molecule has 0 aromatic heterocycles. The van der Waals surface area contributed by atoms with Crippen LogP contribution in [0.3, 0.4) is 0 Å². The van der Waals surface area contributed by atoms with E-state index in [1.165, 1.54) is 12.8 Å². The largest absolute Gasteiger partial charge is 0.445 e. The number of benzene rings is 1. The predicted molar refractivity (Wildman–Crippen MR) is 84.3 cm³/mol. The van der Waals surface area contributed by atoms with Crippen molar-refractivity contribution in [2.75, 3.05) is 13.1 Å². The second-order valence-corrected chi connectivity index (χ2v) is 6.04. The lowest BCUT2D eigenvalue weighted by Crippen LogP contribution is -2.50. The zero-order valence-electron chi connectivity index (χ0n) is 12.1. The molecule has 1 heterocycles. The van der Waals surface area contributed by atoms with E-state index < -0.39 is 0 Å². The van der Waals surface area contributed by atoms with Crippen LogP contribution < -0.4 is 5.73 Å². The molecule has 116 valence electrons. The molecule has 5 heteroatoms. The van der Waals surface area contributed by atoms with E-state index >= 15 is 0 Å². The monoisotopic (exact) mass is 310 g/mol. The van der Waals surface area contributed by atoms with Gasteiger partial charge in [0.15, 0.2) is 0 Å². The van der Waals surface area contributed by atoms with Crippen LogP contribution in [0, 0.1) is 11.8 Å². The fourth-order valence-corrected chi connectivity index (χ4v) is 3.05. The number of halogens is 1. The maximum atomic E-state index is 12.2. The lowest BCUT2D eigenvalue weighted by Gasteiger charge is -2.35. The molecule has 0 radical (unpaired) electrons. The molecule has 2 aliphatic rings. The molecule has 1 amide bonds. The third kappa shape index (κ3) is 4.35. The minimum atomic E-state index is -0.227. The van der Waals surface area contributed by atoms with Crippen LogP contribution in [-0.4, -0.2) is 30.1 Å². The highest BCUT2D eigenvalue weighted by Crippen LogP contribution is 2.40. The number of likely N-dealkylation sites (tertiary alicyclic amines) is 1. The first-order valence-electron chi connectivity index (χ1n) is 7.43. The Morgan fingerprint density at radius 1 is 1.19 bits per heavy atom. The Labute approximate surface area is 132 Å². The normalized spacial score (nSPS) is 25.1. The molecule has 0 bridgehead atoms. The Morgan fingerprint density at radius 2 is 1.90 bits per heavy atom. The molecule has 2 atom stereocenters. The molecule has 1 aliphatic carbocycles. The molecule has 1 aliphatic heterocycles. The van der Waals surface area contributed by atoms with Gasteiger partial charge < -0.3 is 15.4 Å². The first-order chi connectivity index (χ1) is 9.72. The third-order valence-electron chi connectivity index (χ3n) is 4.27. The zero-order chi connectivity index (χ0) is 13.9. The van der Waals surface area contributed by atoms with Gasteiger partial charge in [0, 0.05) is 19.1 Å². The topological polar surface area (TPSA) is 55.6 Å². The van der Waals surface area contributed by atoms with Crippen molar-refractivity contribution < 1.29 is 9.53 Å². The highest BCUT2D eigenvalue weighted by Gasteiger charge is 2.38. The third-order valence-corrected chi connectivity index (χ3v) is 4.27.